The zero-order valence-electron chi connectivity index (χ0n) is 6.80. The maximum absolute atomic E-state index is 9.99. The van der Waals surface area contributed by atoms with E-state index in [2.05, 4.69) is 5.32 Å². The monoisotopic (exact) mass is 156 g/mol. The third kappa shape index (κ3) is 2.50. The molecule has 1 aliphatic carbocycles. The molecule has 0 saturated heterocycles. The summed E-state index contributed by atoms with van der Waals surface area (Å²) in [6, 6.07) is 0.284. The van der Waals surface area contributed by atoms with Crippen molar-refractivity contribution in [2.24, 2.45) is 0 Å². The molecule has 11 heavy (non-hydrogen) atoms. The van der Waals surface area contributed by atoms with Gasteiger partial charge in [-0.15, -0.1) is 0 Å². The lowest BCUT2D eigenvalue weighted by Crippen LogP contribution is -2.35. The first-order valence-corrected chi connectivity index (χ1v) is 4.02. The first-order chi connectivity index (χ1) is 5.36. The topological polar surface area (TPSA) is 38.3 Å². The molecule has 63 valence electrons. The van der Waals surface area contributed by atoms with Gasteiger partial charge >= 0.3 is 6.41 Å². The van der Waals surface area contributed by atoms with E-state index in [1.165, 1.54) is 0 Å². The molecule has 1 aliphatic rings. The lowest BCUT2D eigenvalue weighted by atomic mass is 9.93. The highest BCUT2D eigenvalue weighted by molar-refractivity contribution is 5.47. The lowest BCUT2D eigenvalue weighted by Gasteiger charge is -2.27. The molecule has 0 spiro atoms. The number of rotatable bonds is 3. The predicted octanol–water partition coefficient (Wildman–Crippen LogP) is 0.601. The SMILES string of the molecule is COC1CCCC(N[C]=O)C1. The zero-order valence-corrected chi connectivity index (χ0v) is 6.80. The highest BCUT2D eigenvalue weighted by atomic mass is 16.5. The Hall–Kier alpha value is -0.570. The third-order valence-corrected chi connectivity index (χ3v) is 2.22. The Labute approximate surface area is 67.1 Å². The number of methoxy groups -OCH3 is 1. The third-order valence-electron chi connectivity index (χ3n) is 2.22. The van der Waals surface area contributed by atoms with Crippen molar-refractivity contribution in [1.29, 1.82) is 0 Å². The second-order valence-corrected chi connectivity index (χ2v) is 2.97. The Morgan fingerprint density at radius 2 is 2.36 bits per heavy atom. The van der Waals surface area contributed by atoms with Crippen LogP contribution in [0.3, 0.4) is 0 Å². The van der Waals surface area contributed by atoms with Crippen molar-refractivity contribution in [2.45, 2.75) is 37.8 Å². The quantitative estimate of drug-likeness (QED) is 0.608. The van der Waals surface area contributed by atoms with Gasteiger partial charge in [-0.05, 0) is 25.7 Å². The number of hydrogen-bond acceptors (Lipinski definition) is 2. The van der Waals surface area contributed by atoms with Gasteiger partial charge in [0.15, 0.2) is 0 Å². The Morgan fingerprint density at radius 1 is 1.55 bits per heavy atom. The van der Waals surface area contributed by atoms with Gasteiger partial charge in [-0.3, -0.25) is 4.79 Å². The second kappa shape index (κ2) is 4.34. The number of carbonyl (C=O) groups excluding carboxylic acids is 1. The first-order valence-electron chi connectivity index (χ1n) is 4.02. The van der Waals surface area contributed by atoms with Crippen LogP contribution in [0.4, 0.5) is 0 Å². The summed E-state index contributed by atoms with van der Waals surface area (Å²) in [5.74, 6) is 0. The minimum atomic E-state index is 0.284. The average molecular weight is 156 g/mol. The molecule has 1 amide bonds. The van der Waals surface area contributed by atoms with Crippen LogP contribution in [0.5, 0.6) is 0 Å². The zero-order chi connectivity index (χ0) is 8.10. The van der Waals surface area contributed by atoms with E-state index in [4.69, 9.17) is 4.74 Å². The average Bonchev–Trinajstić information content (AvgIpc) is 2.06. The Balaban J connectivity index is 2.27. The largest absolute Gasteiger partial charge is 0.381 e. The molecule has 1 saturated carbocycles. The van der Waals surface area contributed by atoms with Crippen LogP contribution in [0.25, 0.3) is 0 Å². The molecule has 2 atom stereocenters. The molecule has 2 unspecified atom stereocenters. The number of ether oxygens (including phenoxy) is 1. The van der Waals surface area contributed by atoms with Crippen molar-refractivity contribution in [2.75, 3.05) is 7.11 Å². The molecule has 0 bridgehead atoms. The molecule has 1 N–H and O–H groups in total. The molecule has 0 aromatic rings. The van der Waals surface area contributed by atoms with Crippen molar-refractivity contribution in [1.82, 2.24) is 5.32 Å². The van der Waals surface area contributed by atoms with Crippen LogP contribution in [0.2, 0.25) is 0 Å². The van der Waals surface area contributed by atoms with Crippen LogP contribution < -0.4 is 5.32 Å². The van der Waals surface area contributed by atoms with Crippen LogP contribution in [0, 0.1) is 0 Å². The van der Waals surface area contributed by atoms with Crippen LogP contribution in [0.1, 0.15) is 25.7 Å². The minimum absolute atomic E-state index is 0.284. The summed E-state index contributed by atoms with van der Waals surface area (Å²) in [6.07, 6.45) is 6.31. The van der Waals surface area contributed by atoms with Crippen LogP contribution >= 0.6 is 0 Å². The molecule has 1 radical (unpaired) electrons. The maximum Gasteiger partial charge on any atom is 0.309 e. The van der Waals surface area contributed by atoms with Crippen LogP contribution in [-0.4, -0.2) is 25.7 Å². The van der Waals surface area contributed by atoms with E-state index in [9.17, 15) is 4.79 Å². The molecule has 0 heterocycles. The fourth-order valence-electron chi connectivity index (χ4n) is 1.57. The van der Waals surface area contributed by atoms with Gasteiger partial charge < -0.3 is 10.1 Å². The highest BCUT2D eigenvalue weighted by Crippen LogP contribution is 2.19. The second-order valence-electron chi connectivity index (χ2n) is 2.97. The summed E-state index contributed by atoms with van der Waals surface area (Å²) >= 11 is 0. The minimum Gasteiger partial charge on any atom is -0.381 e. The molecule has 3 nitrogen and oxygen atoms in total. The van der Waals surface area contributed by atoms with Gasteiger partial charge in [0.2, 0.25) is 0 Å². The Bertz CT molecular complexity index is 127. The smallest absolute Gasteiger partial charge is 0.309 e. The van der Waals surface area contributed by atoms with Crippen LogP contribution in [0.15, 0.2) is 0 Å². The molecule has 0 aliphatic heterocycles. The van der Waals surface area contributed by atoms with Crippen molar-refractivity contribution in [3.05, 3.63) is 0 Å². The van der Waals surface area contributed by atoms with E-state index in [1.807, 2.05) is 0 Å². The normalized spacial score (nSPS) is 31.4. The number of hydrogen-bond donors (Lipinski definition) is 1. The van der Waals surface area contributed by atoms with Gasteiger partial charge in [-0.25, -0.2) is 0 Å². The van der Waals surface area contributed by atoms with E-state index < -0.39 is 0 Å². The summed E-state index contributed by atoms with van der Waals surface area (Å²) in [5, 5.41) is 2.66. The molecular formula is C8H14NO2. The van der Waals surface area contributed by atoms with Gasteiger partial charge in [-0.2, -0.15) is 0 Å². The van der Waals surface area contributed by atoms with Gasteiger partial charge in [0.1, 0.15) is 0 Å². The fourth-order valence-corrected chi connectivity index (χ4v) is 1.57. The predicted molar refractivity (Wildman–Crippen MR) is 41.9 cm³/mol. The molecule has 1 fully saturated rings. The van der Waals surface area contributed by atoms with Gasteiger partial charge in [-0.1, -0.05) is 0 Å². The van der Waals surface area contributed by atoms with E-state index in [1.54, 1.807) is 13.5 Å². The van der Waals surface area contributed by atoms with Crippen molar-refractivity contribution in [3.8, 4) is 0 Å². The van der Waals surface area contributed by atoms with E-state index in [0.717, 1.165) is 25.7 Å². The molecule has 0 aromatic heterocycles. The standard InChI is InChI=1S/C8H14NO2/c1-11-8-4-2-3-7(5-8)9-6-10/h7-8H,2-5H2,1H3,(H,9,10). The summed E-state index contributed by atoms with van der Waals surface area (Å²) in [6.45, 7) is 0. The van der Waals surface area contributed by atoms with Crippen LogP contribution in [-0.2, 0) is 9.53 Å². The highest BCUT2D eigenvalue weighted by Gasteiger charge is 2.20. The van der Waals surface area contributed by atoms with Crippen molar-refractivity contribution >= 4 is 6.41 Å². The molecule has 3 heteroatoms. The van der Waals surface area contributed by atoms with Gasteiger partial charge in [0.05, 0.1) is 6.10 Å². The van der Waals surface area contributed by atoms with Gasteiger partial charge in [0.25, 0.3) is 0 Å². The lowest BCUT2D eigenvalue weighted by molar-refractivity contribution is 0.0616. The van der Waals surface area contributed by atoms with Crippen molar-refractivity contribution < 1.29 is 9.53 Å². The Morgan fingerprint density at radius 3 is 3.00 bits per heavy atom. The van der Waals surface area contributed by atoms with E-state index in [-0.39, 0.29) is 6.04 Å². The van der Waals surface area contributed by atoms with Crippen molar-refractivity contribution in [3.63, 3.8) is 0 Å². The number of nitrogens with one attached hydrogen (secondary N) is 1. The molecular weight excluding hydrogens is 142 g/mol. The molecule has 0 aromatic carbocycles. The summed E-state index contributed by atoms with van der Waals surface area (Å²) in [4.78, 5) is 9.99. The summed E-state index contributed by atoms with van der Waals surface area (Å²) in [5.41, 5.74) is 0. The fraction of sp³-hybridized carbons (Fsp3) is 0.875. The summed E-state index contributed by atoms with van der Waals surface area (Å²) in [7, 11) is 1.72. The van der Waals surface area contributed by atoms with E-state index in [0.29, 0.717) is 6.10 Å². The molecule has 1 rings (SSSR count). The Kier molecular flexibility index (Phi) is 3.36. The van der Waals surface area contributed by atoms with E-state index >= 15 is 0 Å². The summed E-state index contributed by atoms with van der Waals surface area (Å²) < 4.78 is 5.20. The maximum atomic E-state index is 9.99. The van der Waals surface area contributed by atoms with Gasteiger partial charge in [0, 0.05) is 13.2 Å². The number of amides is 1. The first kappa shape index (κ1) is 8.53.